The Labute approximate surface area is 193 Å². The molecular formula is C27H41N3O2. The molecule has 1 heterocycles. The highest BCUT2D eigenvalue weighted by Gasteiger charge is 2.52. The van der Waals surface area contributed by atoms with Gasteiger partial charge in [-0.3, -0.25) is 4.79 Å². The molecule has 5 nitrogen and oxygen atoms in total. The third-order valence-electron chi connectivity index (χ3n) is 7.92. The minimum Gasteiger partial charge on any atom is -0.324 e. The van der Waals surface area contributed by atoms with Crippen LogP contribution in [0, 0.1) is 0 Å². The first kappa shape index (κ1) is 23.1. The van der Waals surface area contributed by atoms with E-state index in [1.165, 1.54) is 32.1 Å². The van der Waals surface area contributed by atoms with Crippen LogP contribution in [0.2, 0.25) is 0 Å². The number of benzene rings is 1. The third-order valence-corrected chi connectivity index (χ3v) is 7.92. The summed E-state index contributed by atoms with van der Waals surface area (Å²) in [5, 5.41) is 3.21. The van der Waals surface area contributed by atoms with Crippen molar-refractivity contribution in [2.45, 2.75) is 109 Å². The summed E-state index contributed by atoms with van der Waals surface area (Å²) in [4.78, 5) is 30.9. The first-order chi connectivity index (χ1) is 15.3. The second-order valence-electron chi connectivity index (χ2n) is 10.9. The third kappa shape index (κ3) is 4.40. The molecule has 0 unspecified atom stereocenters. The van der Waals surface area contributed by atoms with Gasteiger partial charge in [-0.1, -0.05) is 78.0 Å². The highest BCUT2D eigenvalue weighted by atomic mass is 16.2. The number of carbonyl (C=O) groups is 2. The Bertz CT molecular complexity index is 809. The number of hydrogen-bond donors (Lipinski definition) is 1. The monoisotopic (exact) mass is 439 g/mol. The fourth-order valence-corrected chi connectivity index (χ4v) is 6.34. The van der Waals surface area contributed by atoms with Gasteiger partial charge < -0.3 is 15.1 Å². The van der Waals surface area contributed by atoms with Gasteiger partial charge in [0.15, 0.2) is 0 Å². The Balaban J connectivity index is 1.53. The smallest absolute Gasteiger partial charge is 0.321 e. The summed E-state index contributed by atoms with van der Waals surface area (Å²) >= 11 is 0. The van der Waals surface area contributed by atoms with E-state index in [0.29, 0.717) is 24.4 Å². The molecule has 0 atom stereocenters. The van der Waals surface area contributed by atoms with Gasteiger partial charge >= 0.3 is 6.03 Å². The van der Waals surface area contributed by atoms with Crippen LogP contribution in [-0.2, 0) is 4.79 Å². The summed E-state index contributed by atoms with van der Waals surface area (Å²) in [7, 11) is 0. The van der Waals surface area contributed by atoms with Crippen LogP contribution in [-0.4, -0.2) is 46.4 Å². The van der Waals surface area contributed by atoms with Gasteiger partial charge in [0.2, 0.25) is 5.91 Å². The van der Waals surface area contributed by atoms with E-state index in [2.05, 4.69) is 56.1 Å². The predicted octanol–water partition coefficient (Wildman–Crippen LogP) is 6.26. The standard InChI is InChI=1S/C27H41N3O2/c1-19(2)22-13-10-14-23(20(3)4)25(22)28-24(31)17-29-18-27(15-8-5-9-16-27)30(26(29)32)21-11-6-7-12-21/h10,13-14,19-21H,5-9,11-12,15-18H2,1-4H3,(H,28,31). The maximum absolute atomic E-state index is 13.6. The zero-order valence-corrected chi connectivity index (χ0v) is 20.5. The molecule has 4 rings (SSSR count). The Morgan fingerprint density at radius 2 is 1.59 bits per heavy atom. The molecule has 1 aromatic carbocycles. The van der Waals surface area contributed by atoms with E-state index < -0.39 is 0 Å². The molecule has 176 valence electrons. The van der Waals surface area contributed by atoms with E-state index >= 15 is 0 Å². The largest absolute Gasteiger partial charge is 0.324 e. The van der Waals surface area contributed by atoms with E-state index in [4.69, 9.17) is 0 Å². The van der Waals surface area contributed by atoms with Crippen molar-refractivity contribution in [1.29, 1.82) is 0 Å². The number of anilines is 1. The van der Waals surface area contributed by atoms with Crippen LogP contribution in [0.25, 0.3) is 0 Å². The molecule has 1 saturated heterocycles. The van der Waals surface area contributed by atoms with Crippen molar-refractivity contribution in [3.63, 3.8) is 0 Å². The van der Waals surface area contributed by atoms with E-state index in [1.807, 2.05) is 4.90 Å². The van der Waals surface area contributed by atoms with Crippen molar-refractivity contribution in [3.8, 4) is 0 Å². The van der Waals surface area contributed by atoms with Gasteiger partial charge in [0, 0.05) is 18.3 Å². The van der Waals surface area contributed by atoms with Crippen molar-refractivity contribution in [2.24, 2.45) is 0 Å². The number of rotatable bonds is 6. The Kier molecular flexibility index (Phi) is 6.83. The van der Waals surface area contributed by atoms with Gasteiger partial charge in [-0.05, 0) is 48.6 Å². The highest BCUT2D eigenvalue weighted by Crippen LogP contribution is 2.43. The topological polar surface area (TPSA) is 52.7 Å². The molecule has 3 fully saturated rings. The maximum atomic E-state index is 13.6. The van der Waals surface area contributed by atoms with Crippen LogP contribution >= 0.6 is 0 Å². The van der Waals surface area contributed by atoms with Crippen molar-refractivity contribution in [1.82, 2.24) is 9.80 Å². The van der Waals surface area contributed by atoms with Crippen LogP contribution in [0.5, 0.6) is 0 Å². The van der Waals surface area contributed by atoms with Crippen LogP contribution in [0.15, 0.2) is 18.2 Å². The molecule has 32 heavy (non-hydrogen) atoms. The Morgan fingerprint density at radius 3 is 2.16 bits per heavy atom. The fourth-order valence-electron chi connectivity index (χ4n) is 6.34. The normalized spacial score (nSPS) is 21.4. The van der Waals surface area contributed by atoms with Crippen LogP contribution in [0.1, 0.15) is 108 Å². The number of amides is 3. The Morgan fingerprint density at radius 1 is 1.00 bits per heavy atom. The van der Waals surface area contributed by atoms with Gasteiger partial charge in [-0.25, -0.2) is 4.79 Å². The van der Waals surface area contributed by atoms with Crippen LogP contribution in [0.3, 0.4) is 0 Å². The number of urea groups is 1. The lowest BCUT2D eigenvalue weighted by Gasteiger charge is -2.43. The summed E-state index contributed by atoms with van der Waals surface area (Å²) in [5.74, 6) is 0.564. The second kappa shape index (κ2) is 9.44. The lowest BCUT2D eigenvalue weighted by atomic mass is 9.80. The molecule has 5 heteroatoms. The van der Waals surface area contributed by atoms with Gasteiger partial charge in [0.25, 0.3) is 0 Å². The number of carbonyl (C=O) groups excluding carboxylic acids is 2. The molecular weight excluding hydrogens is 398 g/mol. The molecule has 1 aliphatic heterocycles. The maximum Gasteiger partial charge on any atom is 0.321 e. The van der Waals surface area contributed by atoms with Crippen LogP contribution < -0.4 is 5.32 Å². The van der Waals surface area contributed by atoms with Crippen molar-refractivity contribution < 1.29 is 9.59 Å². The number of nitrogens with zero attached hydrogens (tertiary/aromatic N) is 2. The van der Waals surface area contributed by atoms with E-state index in [-0.39, 0.29) is 24.0 Å². The number of nitrogens with one attached hydrogen (secondary N) is 1. The summed E-state index contributed by atoms with van der Waals surface area (Å²) in [6.45, 7) is 9.49. The fraction of sp³-hybridized carbons (Fsp3) is 0.704. The molecule has 3 aliphatic rings. The quantitative estimate of drug-likeness (QED) is 0.569. The molecule has 2 saturated carbocycles. The second-order valence-corrected chi connectivity index (χ2v) is 10.9. The summed E-state index contributed by atoms with van der Waals surface area (Å²) in [6, 6.07) is 6.74. The molecule has 1 aromatic rings. The zero-order chi connectivity index (χ0) is 22.9. The molecule has 0 bridgehead atoms. The molecule has 3 amide bonds. The average Bonchev–Trinajstić information content (AvgIpc) is 3.35. The average molecular weight is 440 g/mol. The van der Waals surface area contributed by atoms with Gasteiger partial charge in [0.05, 0.1) is 5.54 Å². The minimum atomic E-state index is -0.0763. The van der Waals surface area contributed by atoms with Gasteiger partial charge in [-0.2, -0.15) is 0 Å². The van der Waals surface area contributed by atoms with Gasteiger partial charge in [-0.15, -0.1) is 0 Å². The first-order valence-corrected chi connectivity index (χ1v) is 12.8. The number of para-hydroxylation sites is 1. The van der Waals surface area contributed by atoms with Crippen molar-refractivity contribution >= 4 is 17.6 Å². The lowest BCUT2D eigenvalue weighted by Crippen LogP contribution is -2.52. The molecule has 1 spiro atoms. The lowest BCUT2D eigenvalue weighted by molar-refractivity contribution is -0.116. The van der Waals surface area contributed by atoms with E-state index in [0.717, 1.165) is 42.5 Å². The minimum absolute atomic E-state index is 0.0520. The van der Waals surface area contributed by atoms with E-state index in [9.17, 15) is 9.59 Å². The van der Waals surface area contributed by atoms with Crippen LogP contribution in [0.4, 0.5) is 10.5 Å². The van der Waals surface area contributed by atoms with Crippen molar-refractivity contribution in [2.75, 3.05) is 18.4 Å². The Hall–Kier alpha value is -2.04. The summed E-state index contributed by atoms with van der Waals surface area (Å²) < 4.78 is 0. The SMILES string of the molecule is CC(C)c1cccc(C(C)C)c1NC(=O)CN1CC2(CCCCC2)N(C2CCCC2)C1=O. The molecule has 0 aromatic heterocycles. The molecule has 1 N–H and O–H groups in total. The summed E-state index contributed by atoms with van der Waals surface area (Å²) in [6.07, 6.45) is 10.5. The zero-order valence-electron chi connectivity index (χ0n) is 20.5. The van der Waals surface area contributed by atoms with E-state index in [1.54, 1.807) is 0 Å². The predicted molar refractivity (Wildman–Crippen MR) is 130 cm³/mol. The molecule has 0 radical (unpaired) electrons. The van der Waals surface area contributed by atoms with Crippen molar-refractivity contribution in [3.05, 3.63) is 29.3 Å². The summed E-state index contributed by atoms with van der Waals surface area (Å²) in [5.41, 5.74) is 3.21. The van der Waals surface area contributed by atoms with Gasteiger partial charge in [0.1, 0.15) is 6.54 Å². The number of hydrogen-bond acceptors (Lipinski definition) is 2. The highest BCUT2D eigenvalue weighted by molar-refractivity contribution is 5.96. The first-order valence-electron chi connectivity index (χ1n) is 12.8. The molecule has 2 aliphatic carbocycles.